The number of benzene rings is 4. The zero-order valence-corrected chi connectivity index (χ0v) is 24.3. The number of nitrogens with one attached hydrogen (secondary N) is 1. The van der Waals surface area contributed by atoms with E-state index >= 15 is 0 Å². The van der Waals surface area contributed by atoms with E-state index < -0.39 is 22.3 Å². The van der Waals surface area contributed by atoms with Crippen molar-refractivity contribution in [2.45, 2.75) is 47.9 Å². The zero-order chi connectivity index (χ0) is 29.5. The summed E-state index contributed by atoms with van der Waals surface area (Å²) >= 11 is 1.59. The topological polar surface area (TPSA) is 122 Å². The highest BCUT2D eigenvalue weighted by molar-refractivity contribution is 7.99. The number of carbonyl (C=O) groups is 1. The number of aliphatic hydroxyl groups excluding tert-OH is 1. The second-order valence-corrected chi connectivity index (χ2v) is 12.7. The van der Waals surface area contributed by atoms with Crippen LogP contribution in [0.2, 0.25) is 0 Å². The van der Waals surface area contributed by atoms with Gasteiger partial charge in [-0.15, -0.1) is 11.8 Å². The Balaban J connectivity index is 1.28. The number of aromatic carboxylic acids is 1. The fourth-order valence-electron chi connectivity index (χ4n) is 4.56. The molecule has 1 aliphatic heterocycles. The SMILES string of the molecule is O=C(O)c1ccc(SC[C@@H]2C[C@H](c3ccc(CO)cc3)O[C@H](c3ccc(CNS(=O)(=O)c4ccccc4)cc3)O2)cc1. The van der Waals surface area contributed by atoms with Crippen LogP contribution in [0.4, 0.5) is 0 Å². The summed E-state index contributed by atoms with van der Waals surface area (Å²) in [6.07, 6.45) is -0.424. The Kier molecular flexibility index (Phi) is 9.73. The van der Waals surface area contributed by atoms with Crippen LogP contribution in [0.5, 0.6) is 0 Å². The Morgan fingerprint density at radius 1 is 0.833 bits per heavy atom. The van der Waals surface area contributed by atoms with Crippen molar-refractivity contribution in [1.29, 1.82) is 0 Å². The number of hydrogen-bond donors (Lipinski definition) is 3. The first-order valence-corrected chi connectivity index (χ1v) is 15.9. The Bertz CT molecular complexity index is 1580. The van der Waals surface area contributed by atoms with Gasteiger partial charge in [-0.2, -0.15) is 0 Å². The summed E-state index contributed by atoms with van der Waals surface area (Å²) in [6, 6.07) is 30.1. The van der Waals surface area contributed by atoms with Crippen molar-refractivity contribution in [2.24, 2.45) is 0 Å². The van der Waals surface area contributed by atoms with Crippen LogP contribution >= 0.6 is 11.8 Å². The normalized spacial score (nSPS) is 18.9. The van der Waals surface area contributed by atoms with E-state index in [2.05, 4.69) is 4.72 Å². The summed E-state index contributed by atoms with van der Waals surface area (Å²) in [7, 11) is -3.62. The second-order valence-electron chi connectivity index (χ2n) is 9.87. The van der Waals surface area contributed by atoms with Crippen LogP contribution in [-0.2, 0) is 32.6 Å². The summed E-state index contributed by atoms with van der Waals surface area (Å²) in [5.74, 6) is -0.326. The van der Waals surface area contributed by atoms with Crippen molar-refractivity contribution in [3.8, 4) is 0 Å². The Labute approximate surface area is 249 Å². The molecule has 10 heteroatoms. The van der Waals surface area contributed by atoms with Gasteiger partial charge in [0.1, 0.15) is 0 Å². The van der Waals surface area contributed by atoms with E-state index in [1.807, 2.05) is 48.5 Å². The van der Waals surface area contributed by atoms with Crippen LogP contribution in [-0.4, -0.2) is 36.5 Å². The minimum atomic E-state index is -3.62. The molecule has 1 heterocycles. The van der Waals surface area contributed by atoms with Gasteiger partial charge in [-0.1, -0.05) is 66.7 Å². The van der Waals surface area contributed by atoms with Crippen molar-refractivity contribution in [2.75, 3.05) is 5.75 Å². The summed E-state index contributed by atoms with van der Waals surface area (Å²) in [5.41, 5.74) is 3.64. The first-order chi connectivity index (χ1) is 20.3. The number of thioether (sulfide) groups is 1. The van der Waals surface area contributed by atoms with Crippen molar-refractivity contribution >= 4 is 27.8 Å². The number of rotatable bonds is 11. The highest BCUT2D eigenvalue weighted by Gasteiger charge is 2.32. The molecule has 8 nitrogen and oxygen atoms in total. The van der Waals surface area contributed by atoms with Gasteiger partial charge in [-0.3, -0.25) is 0 Å². The molecule has 4 aromatic rings. The molecule has 4 aromatic carbocycles. The van der Waals surface area contributed by atoms with Crippen molar-refractivity contribution in [3.05, 3.63) is 131 Å². The molecule has 0 spiro atoms. The van der Waals surface area contributed by atoms with Gasteiger partial charge in [0.05, 0.1) is 29.3 Å². The molecule has 0 bridgehead atoms. The van der Waals surface area contributed by atoms with Crippen molar-refractivity contribution in [3.63, 3.8) is 0 Å². The minimum absolute atomic E-state index is 0.0364. The first-order valence-electron chi connectivity index (χ1n) is 13.4. The quantitative estimate of drug-likeness (QED) is 0.186. The van der Waals surface area contributed by atoms with Crippen LogP contribution < -0.4 is 4.72 Å². The fraction of sp³-hybridized carbons (Fsp3) is 0.219. The molecule has 0 unspecified atom stereocenters. The number of ether oxygens (including phenoxy) is 2. The summed E-state index contributed by atoms with van der Waals surface area (Å²) < 4.78 is 40.6. The maximum absolute atomic E-state index is 12.6. The lowest BCUT2D eigenvalue weighted by Gasteiger charge is -2.36. The molecule has 0 aliphatic carbocycles. The van der Waals surface area contributed by atoms with Crippen LogP contribution in [0.15, 0.2) is 113 Å². The molecule has 0 aromatic heterocycles. The highest BCUT2D eigenvalue weighted by Crippen LogP contribution is 2.39. The van der Waals surface area contributed by atoms with Crippen LogP contribution in [0.25, 0.3) is 0 Å². The lowest BCUT2D eigenvalue weighted by atomic mass is 10.0. The average Bonchev–Trinajstić information content (AvgIpc) is 3.03. The molecule has 1 aliphatic rings. The van der Waals surface area contributed by atoms with E-state index in [1.165, 1.54) is 0 Å². The standard InChI is InChI=1S/C32H31NO7S2/c34-20-23-8-10-24(11-9-23)30-18-27(21-41-28-16-14-25(15-17-28)31(35)36)39-32(40-30)26-12-6-22(7-13-26)19-33-42(37,38)29-4-2-1-3-5-29/h1-17,27,30,32-34H,18-21H2,(H,35,36)/t27-,30+,32+/m0/s1. The van der Waals surface area contributed by atoms with Crippen molar-refractivity contribution in [1.82, 2.24) is 4.72 Å². The molecule has 42 heavy (non-hydrogen) atoms. The number of carboxylic acids is 1. The Morgan fingerprint density at radius 2 is 1.48 bits per heavy atom. The van der Waals surface area contributed by atoms with E-state index in [1.54, 1.807) is 66.4 Å². The molecule has 0 saturated carbocycles. The highest BCUT2D eigenvalue weighted by atomic mass is 32.2. The van der Waals surface area contributed by atoms with Gasteiger partial charge in [0.25, 0.3) is 0 Å². The average molecular weight is 606 g/mol. The summed E-state index contributed by atoms with van der Waals surface area (Å²) in [4.78, 5) is 12.3. The molecular formula is C32H31NO7S2. The molecule has 1 fully saturated rings. The molecule has 3 atom stereocenters. The molecule has 5 rings (SSSR count). The lowest BCUT2D eigenvalue weighted by molar-refractivity contribution is -0.245. The largest absolute Gasteiger partial charge is 0.478 e. The number of sulfonamides is 1. The summed E-state index contributed by atoms with van der Waals surface area (Å²) in [5, 5.41) is 18.6. The van der Waals surface area contributed by atoms with Gasteiger partial charge in [0.2, 0.25) is 10.0 Å². The first kappa shape index (κ1) is 30.0. The lowest BCUT2D eigenvalue weighted by Crippen LogP contribution is -2.31. The molecule has 218 valence electrons. The number of hydrogen-bond acceptors (Lipinski definition) is 7. The van der Waals surface area contributed by atoms with Gasteiger partial charge in [0.15, 0.2) is 6.29 Å². The van der Waals surface area contributed by atoms with Crippen LogP contribution in [0.3, 0.4) is 0 Å². The molecule has 3 N–H and O–H groups in total. The predicted octanol–water partition coefficient (Wildman–Crippen LogP) is 5.69. The van der Waals surface area contributed by atoms with E-state index in [0.29, 0.717) is 12.2 Å². The molecule has 0 radical (unpaired) electrons. The Morgan fingerprint density at radius 3 is 2.12 bits per heavy atom. The third kappa shape index (κ3) is 7.65. The zero-order valence-electron chi connectivity index (χ0n) is 22.6. The third-order valence-corrected chi connectivity index (χ3v) is 9.48. The van der Waals surface area contributed by atoms with E-state index in [0.717, 1.165) is 27.1 Å². The number of carboxylic acid groups (broad SMARTS) is 1. The maximum Gasteiger partial charge on any atom is 0.335 e. The van der Waals surface area contributed by atoms with Crippen molar-refractivity contribution < 1.29 is 32.9 Å². The van der Waals surface area contributed by atoms with E-state index in [4.69, 9.17) is 14.6 Å². The molecule has 0 amide bonds. The van der Waals surface area contributed by atoms with Gasteiger partial charge < -0.3 is 19.7 Å². The molecular weight excluding hydrogens is 574 g/mol. The van der Waals surface area contributed by atoms with E-state index in [9.17, 15) is 18.3 Å². The monoisotopic (exact) mass is 605 g/mol. The maximum atomic E-state index is 12.6. The van der Waals surface area contributed by atoms with Gasteiger partial charge in [-0.25, -0.2) is 17.9 Å². The fourth-order valence-corrected chi connectivity index (χ4v) is 6.52. The van der Waals surface area contributed by atoms with Crippen LogP contribution in [0, 0.1) is 0 Å². The smallest absolute Gasteiger partial charge is 0.335 e. The Hall–Kier alpha value is -3.51. The van der Waals surface area contributed by atoms with Gasteiger partial charge in [0, 0.05) is 29.2 Å². The van der Waals surface area contributed by atoms with Gasteiger partial charge >= 0.3 is 5.97 Å². The second kappa shape index (κ2) is 13.6. The summed E-state index contributed by atoms with van der Waals surface area (Å²) in [6.45, 7) is 0.106. The molecule has 1 saturated heterocycles. The van der Waals surface area contributed by atoms with Crippen LogP contribution in [0.1, 0.15) is 51.4 Å². The van der Waals surface area contributed by atoms with Gasteiger partial charge in [-0.05, 0) is 53.1 Å². The predicted molar refractivity (Wildman–Crippen MR) is 159 cm³/mol. The number of aliphatic hydroxyl groups is 1. The minimum Gasteiger partial charge on any atom is -0.478 e. The third-order valence-electron chi connectivity index (χ3n) is 6.92. The van der Waals surface area contributed by atoms with E-state index in [-0.39, 0.29) is 35.8 Å².